The summed E-state index contributed by atoms with van der Waals surface area (Å²) in [6, 6.07) is 7.40. The van der Waals surface area contributed by atoms with Gasteiger partial charge in [-0.15, -0.1) is 0 Å². The largest absolute Gasteiger partial charge is 0.430 e. The van der Waals surface area contributed by atoms with E-state index in [-0.39, 0.29) is 10.6 Å². The van der Waals surface area contributed by atoms with Gasteiger partial charge in [-0.25, -0.2) is 8.42 Å². The van der Waals surface area contributed by atoms with Crippen LogP contribution in [0.3, 0.4) is 0 Å². The number of fused-ring (bicyclic) bond motifs is 1. The molecule has 0 fully saturated rings. The molecule has 0 aliphatic heterocycles. The van der Waals surface area contributed by atoms with Crippen LogP contribution in [0, 0.1) is 0 Å². The molecule has 0 spiro atoms. The van der Waals surface area contributed by atoms with E-state index in [0.717, 1.165) is 18.4 Å². The summed E-state index contributed by atoms with van der Waals surface area (Å²) >= 11 is 0. The van der Waals surface area contributed by atoms with E-state index >= 15 is 0 Å². The van der Waals surface area contributed by atoms with Gasteiger partial charge in [-0.1, -0.05) is 18.2 Å². The van der Waals surface area contributed by atoms with E-state index < -0.39 is 33.4 Å². The van der Waals surface area contributed by atoms with E-state index in [2.05, 4.69) is 0 Å². The molecule has 3 rings (SSSR count). The highest BCUT2D eigenvalue weighted by molar-refractivity contribution is 7.90. The van der Waals surface area contributed by atoms with Crippen molar-refractivity contribution in [3.05, 3.63) is 60.4 Å². The van der Waals surface area contributed by atoms with E-state index in [9.17, 15) is 39.9 Å². The van der Waals surface area contributed by atoms with Gasteiger partial charge in [-0.3, -0.25) is 0 Å². The van der Waals surface area contributed by atoms with Crippen LogP contribution in [0.15, 0.2) is 59.8 Å². The Morgan fingerprint density at radius 2 is 1.34 bits per heavy atom. The summed E-state index contributed by atoms with van der Waals surface area (Å²) in [5.41, 5.74) is -6.14. The van der Waals surface area contributed by atoms with Gasteiger partial charge in [0, 0.05) is 35.3 Å². The van der Waals surface area contributed by atoms with Gasteiger partial charge in [-0.05, 0) is 29.7 Å². The number of aromatic nitrogens is 1. The van der Waals surface area contributed by atoms with Crippen LogP contribution in [0.4, 0.5) is 26.3 Å². The van der Waals surface area contributed by atoms with Crippen molar-refractivity contribution in [2.45, 2.75) is 22.8 Å². The molecule has 156 valence electrons. The summed E-state index contributed by atoms with van der Waals surface area (Å²) in [5, 5.41) is 10.6. The van der Waals surface area contributed by atoms with Gasteiger partial charge in [0.1, 0.15) is 0 Å². The van der Waals surface area contributed by atoms with Gasteiger partial charge < -0.3 is 9.67 Å². The molecule has 11 heteroatoms. The molecule has 0 saturated heterocycles. The van der Waals surface area contributed by atoms with Crippen molar-refractivity contribution in [1.29, 1.82) is 0 Å². The standard InChI is InChI=1S/C18H13F6NO3S/c1-29(27,28)15-7-2-11-9-25(10-12(11)8-15)14-5-3-13(4-6-14)16(26,17(19,20)21)18(22,23)24/h2-10,26H,1H3. The fourth-order valence-electron chi connectivity index (χ4n) is 2.86. The summed E-state index contributed by atoms with van der Waals surface area (Å²) in [4.78, 5) is 0.0681. The molecular formula is C18H13F6NO3S. The minimum absolute atomic E-state index is 0.0681. The fraction of sp³-hybridized carbons (Fsp3) is 0.222. The summed E-state index contributed by atoms with van der Waals surface area (Å²) in [6.45, 7) is 0. The Hall–Kier alpha value is -2.53. The number of alkyl halides is 6. The van der Waals surface area contributed by atoms with Crippen LogP contribution in [0.5, 0.6) is 0 Å². The Labute approximate surface area is 160 Å². The first-order chi connectivity index (χ1) is 13.1. The molecule has 0 aliphatic rings. The van der Waals surface area contributed by atoms with Crippen LogP contribution in [0.25, 0.3) is 16.5 Å². The predicted molar refractivity (Wildman–Crippen MR) is 92.4 cm³/mol. The predicted octanol–water partition coefficient (Wildman–Crippen LogP) is 4.35. The highest BCUT2D eigenvalue weighted by atomic mass is 32.2. The first-order valence-electron chi connectivity index (χ1n) is 7.93. The molecule has 1 aromatic heterocycles. The van der Waals surface area contributed by atoms with Crippen molar-refractivity contribution >= 4 is 20.6 Å². The number of rotatable bonds is 3. The van der Waals surface area contributed by atoms with Gasteiger partial charge in [0.05, 0.1) is 4.90 Å². The maximum Gasteiger partial charge on any atom is 0.430 e. The first kappa shape index (κ1) is 21.2. The maximum absolute atomic E-state index is 13.0. The van der Waals surface area contributed by atoms with E-state index in [4.69, 9.17) is 0 Å². The zero-order valence-corrected chi connectivity index (χ0v) is 15.4. The number of benzene rings is 2. The molecule has 0 amide bonds. The Morgan fingerprint density at radius 1 is 0.828 bits per heavy atom. The highest BCUT2D eigenvalue weighted by Crippen LogP contribution is 2.50. The van der Waals surface area contributed by atoms with Crippen molar-refractivity contribution in [3.63, 3.8) is 0 Å². The lowest BCUT2D eigenvalue weighted by atomic mass is 9.92. The molecule has 4 nitrogen and oxygen atoms in total. The Bertz CT molecular complexity index is 1150. The van der Waals surface area contributed by atoms with Crippen LogP contribution in [-0.4, -0.2) is 36.7 Å². The lowest BCUT2D eigenvalue weighted by molar-refractivity contribution is -0.376. The smallest absolute Gasteiger partial charge is 0.369 e. The summed E-state index contributed by atoms with van der Waals surface area (Å²) in [7, 11) is -3.45. The number of halogens is 6. The molecule has 3 aromatic rings. The number of sulfone groups is 1. The van der Waals surface area contributed by atoms with Crippen LogP contribution in [0.1, 0.15) is 5.56 Å². The lowest BCUT2D eigenvalue weighted by Gasteiger charge is -2.32. The molecule has 0 bridgehead atoms. The molecule has 0 aliphatic carbocycles. The van der Waals surface area contributed by atoms with Gasteiger partial charge in [0.2, 0.25) is 0 Å². The molecule has 1 N–H and O–H groups in total. The molecule has 0 saturated carbocycles. The second kappa shape index (κ2) is 6.49. The minimum atomic E-state index is -5.96. The van der Waals surface area contributed by atoms with Gasteiger partial charge in [-0.2, -0.15) is 26.3 Å². The second-order valence-electron chi connectivity index (χ2n) is 6.48. The molecule has 29 heavy (non-hydrogen) atoms. The van der Waals surface area contributed by atoms with Crippen molar-refractivity contribution in [2.75, 3.05) is 6.26 Å². The number of hydrogen-bond donors (Lipinski definition) is 1. The zero-order chi connectivity index (χ0) is 21.8. The molecule has 1 heterocycles. The maximum atomic E-state index is 13.0. The lowest BCUT2D eigenvalue weighted by Crippen LogP contribution is -2.53. The van der Waals surface area contributed by atoms with Crippen molar-refractivity contribution in [1.82, 2.24) is 4.57 Å². The molecule has 0 radical (unpaired) electrons. The SMILES string of the molecule is CS(=O)(=O)c1ccc2cn(-c3ccc(C(O)(C(F)(F)F)C(F)(F)F)cc3)cc2c1. The number of aliphatic hydroxyl groups is 1. The Morgan fingerprint density at radius 3 is 1.83 bits per heavy atom. The third-order valence-electron chi connectivity index (χ3n) is 4.45. The molecule has 0 unspecified atom stereocenters. The number of nitrogens with zero attached hydrogens (tertiary/aromatic N) is 1. The second-order valence-corrected chi connectivity index (χ2v) is 8.50. The Kier molecular flexibility index (Phi) is 4.74. The molecular weight excluding hydrogens is 424 g/mol. The average molecular weight is 437 g/mol. The Balaban J connectivity index is 2.04. The zero-order valence-electron chi connectivity index (χ0n) is 14.6. The van der Waals surface area contributed by atoms with Crippen LogP contribution in [0.2, 0.25) is 0 Å². The molecule has 0 atom stereocenters. The van der Waals surface area contributed by atoms with Gasteiger partial charge >= 0.3 is 12.4 Å². The highest BCUT2D eigenvalue weighted by Gasteiger charge is 2.71. The quantitative estimate of drug-likeness (QED) is 0.620. The molecule has 2 aromatic carbocycles. The minimum Gasteiger partial charge on any atom is -0.369 e. The normalized spacial score (nSPS) is 13.8. The third kappa shape index (κ3) is 3.60. The van der Waals surface area contributed by atoms with E-state index in [0.29, 0.717) is 22.9 Å². The van der Waals surface area contributed by atoms with E-state index in [1.165, 1.54) is 35.2 Å². The van der Waals surface area contributed by atoms with Crippen LogP contribution >= 0.6 is 0 Å². The number of hydrogen-bond acceptors (Lipinski definition) is 3. The van der Waals surface area contributed by atoms with Gasteiger partial charge in [0.15, 0.2) is 9.84 Å². The van der Waals surface area contributed by atoms with Crippen LogP contribution < -0.4 is 0 Å². The average Bonchev–Trinajstić information content (AvgIpc) is 3.01. The topological polar surface area (TPSA) is 59.3 Å². The monoisotopic (exact) mass is 437 g/mol. The van der Waals surface area contributed by atoms with Crippen molar-refractivity contribution in [3.8, 4) is 5.69 Å². The summed E-state index contributed by atoms with van der Waals surface area (Å²) in [5.74, 6) is 0. The summed E-state index contributed by atoms with van der Waals surface area (Å²) in [6.07, 6.45) is -7.87. The van der Waals surface area contributed by atoms with Gasteiger partial charge in [0.25, 0.3) is 5.60 Å². The van der Waals surface area contributed by atoms with E-state index in [1.54, 1.807) is 0 Å². The van der Waals surface area contributed by atoms with E-state index in [1.807, 2.05) is 0 Å². The van der Waals surface area contributed by atoms with Crippen molar-refractivity contribution in [2.24, 2.45) is 0 Å². The van der Waals surface area contributed by atoms with Crippen molar-refractivity contribution < 1.29 is 39.9 Å². The first-order valence-corrected chi connectivity index (χ1v) is 9.82. The third-order valence-corrected chi connectivity index (χ3v) is 5.56. The fourth-order valence-corrected chi connectivity index (χ4v) is 3.52. The van der Waals surface area contributed by atoms with Crippen LogP contribution in [-0.2, 0) is 15.4 Å². The summed E-state index contributed by atoms with van der Waals surface area (Å²) < 4.78 is 102.